The first-order valence-electron chi connectivity index (χ1n) is 9.53. The van der Waals surface area contributed by atoms with E-state index < -0.39 is 33.8 Å². The van der Waals surface area contributed by atoms with Gasteiger partial charge in [-0.25, -0.2) is 17.6 Å². The Bertz CT molecular complexity index is 1200. The Morgan fingerprint density at radius 1 is 0.969 bits per heavy atom. The topological polar surface area (TPSA) is 107 Å². The van der Waals surface area contributed by atoms with E-state index in [1.54, 1.807) is 42.5 Å². The van der Waals surface area contributed by atoms with E-state index in [-0.39, 0.29) is 11.4 Å². The van der Waals surface area contributed by atoms with Crippen LogP contribution in [0.3, 0.4) is 0 Å². The molecule has 7 nitrogen and oxygen atoms in total. The van der Waals surface area contributed by atoms with Gasteiger partial charge < -0.3 is 10.5 Å². The largest absolute Gasteiger partial charge is 0.465 e. The Labute approximate surface area is 185 Å². The second kappa shape index (κ2) is 9.71. The lowest BCUT2D eigenvalue weighted by atomic mass is 10.1. The number of nitrogens with zero attached hydrogens (tertiary/aromatic N) is 1. The fraction of sp³-hybridized carbons (Fsp3) is 0.130. The Balaban J connectivity index is 2.09. The molecule has 2 N–H and O–H groups in total. The molecule has 9 heteroatoms. The molecule has 0 bridgehead atoms. The Morgan fingerprint density at radius 2 is 1.56 bits per heavy atom. The number of carbonyl (C=O) groups excluding carboxylic acids is 2. The van der Waals surface area contributed by atoms with Gasteiger partial charge in [0.1, 0.15) is 11.9 Å². The lowest BCUT2D eigenvalue weighted by Crippen LogP contribution is -2.41. The van der Waals surface area contributed by atoms with Gasteiger partial charge in [-0.05, 0) is 47.5 Å². The summed E-state index contributed by atoms with van der Waals surface area (Å²) in [6.45, 7) is -0.219. The number of amides is 1. The number of nitrogens with two attached hydrogens (primary N) is 1. The van der Waals surface area contributed by atoms with Crippen LogP contribution in [0.4, 0.5) is 4.39 Å². The zero-order valence-corrected chi connectivity index (χ0v) is 18.0. The second-order valence-corrected chi connectivity index (χ2v) is 8.80. The first kappa shape index (κ1) is 23.1. The highest BCUT2D eigenvalue weighted by molar-refractivity contribution is 7.89. The maximum absolute atomic E-state index is 13.5. The average Bonchev–Trinajstić information content (AvgIpc) is 2.79. The SMILES string of the molecule is COC(=O)c1ccc(CN([C@@H](C(N)=O)c2ccccc2)S(=O)(=O)c2ccc(F)cc2)cc1. The van der Waals surface area contributed by atoms with Gasteiger partial charge in [0, 0.05) is 6.54 Å². The molecule has 3 rings (SSSR count). The predicted molar refractivity (Wildman–Crippen MR) is 115 cm³/mol. The third kappa shape index (κ3) is 5.01. The van der Waals surface area contributed by atoms with Crippen molar-refractivity contribution in [1.29, 1.82) is 0 Å². The highest BCUT2D eigenvalue weighted by Gasteiger charge is 2.36. The molecule has 32 heavy (non-hydrogen) atoms. The van der Waals surface area contributed by atoms with Crippen molar-refractivity contribution in [3.05, 3.63) is 101 Å². The number of hydrogen-bond donors (Lipinski definition) is 1. The fourth-order valence-electron chi connectivity index (χ4n) is 3.21. The van der Waals surface area contributed by atoms with Crippen molar-refractivity contribution in [3.8, 4) is 0 Å². The van der Waals surface area contributed by atoms with E-state index in [1.807, 2.05) is 0 Å². The molecular formula is C23H21FN2O5S. The van der Waals surface area contributed by atoms with Gasteiger partial charge in [0.25, 0.3) is 0 Å². The number of primary amides is 1. The molecule has 0 aliphatic rings. The number of ether oxygens (including phenoxy) is 1. The third-order valence-electron chi connectivity index (χ3n) is 4.81. The molecule has 1 atom stereocenters. The van der Waals surface area contributed by atoms with Crippen molar-refractivity contribution in [2.24, 2.45) is 5.73 Å². The van der Waals surface area contributed by atoms with Crippen LogP contribution in [-0.4, -0.2) is 31.7 Å². The van der Waals surface area contributed by atoms with Crippen LogP contribution in [0.1, 0.15) is 27.5 Å². The lowest BCUT2D eigenvalue weighted by molar-refractivity contribution is -0.122. The predicted octanol–water partition coefficient (Wildman–Crippen LogP) is 3.03. The molecule has 0 aromatic heterocycles. The van der Waals surface area contributed by atoms with Gasteiger partial charge in [0.15, 0.2) is 0 Å². The van der Waals surface area contributed by atoms with Crippen LogP contribution in [0.15, 0.2) is 83.8 Å². The van der Waals surface area contributed by atoms with Crippen LogP contribution < -0.4 is 5.73 Å². The molecule has 0 radical (unpaired) electrons. The molecule has 0 aliphatic carbocycles. The Hall–Kier alpha value is -3.56. The second-order valence-electron chi connectivity index (χ2n) is 6.91. The van der Waals surface area contributed by atoms with Gasteiger partial charge in [-0.3, -0.25) is 4.79 Å². The molecule has 3 aromatic rings. The summed E-state index contributed by atoms with van der Waals surface area (Å²) in [7, 11) is -3.01. The summed E-state index contributed by atoms with van der Waals surface area (Å²) in [5.41, 5.74) is 6.82. The number of benzene rings is 3. The van der Waals surface area contributed by atoms with Crippen molar-refractivity contribution >= 4 is 21.9 Å². The van der Waals surface area contributed by atoms with Crippen LogP contribution in [0.2, 0.25) is 0 Å². The molecule has 1 amide bonds. The van der Waals surface area contributed by atoms with E-state index in [4.69, 9.17) is 5.73 Å². The quantitative estimate of drug-likeness (QED) is 0.525. The molecule has 0 spiro atoms. The standard InChI is InChI=1S/C23H21FN2O5S/c1-31-23(28)18-9-7-16(8-10-18)15-26(21(22(25)27)17-5-3-2-4-6-17)32(29,30)20-13-11-19(24)12-14-20/h2-14,21H,15H2,1H3,(H2,25,27)/t21-/m1/s1. The van der Waals surface area contributed by atoms with Crippen LogP contribution >= 0.6 is 0 Å². The number of methoxy groups -OCH3 is 1. The zero-order chi connectivity index (χ0) is 23.3. The van der Waals surface area contributed by atoms with Gasteiger partial charge in [0.05, 0.1) is 17.6 Å². The number of sulfonamides is 1. The van der Waals surface area contributed by atoms with E-state index >= 15 is 0 Å². The fourth-order valence-corrected chi connectivity index (χ4v) is 4.78. The normalized spacial score (nSPS) is 12.3. The van der Waals surface area contributed by atoms with E-state index in [9.17, 15) is 22.4 Å². The maximum atomic E-state index is 13.5. The van der Waals surface area contributed by atoms with Gasteiger partial charge >= 0.3 is 5.97 Å². The number of hydrogen-bond acceptors (Lipinski definition) is 5. The first-order valence-corrected chi connectivity index (χ1v) is 11.0. The lowest BCUT2D eigenvalue weighted by Gasteiger charge is -2.29. The smallest absolute Gasteiger partial charge is 0.337 e. The van der Waals surface area contributed by atoms with Crippen LogP contribution in [0.25, 0.3) is 0 Å². The summed E-state index contributed by atoms with van der Waals surface area (Å²) in [6.07, 6.45) is 0. The van der Waals surface area contributed by atoms with Crippen LogP contribution in [-0.2, 0) is 26.1 Å². The summed E-state index contributed by atoms with van der Waals surface area (Å²) in [4.78, 5) is 23.9. The van der Waals surface area contributed by atoms with Gasteiger partial charge in [-0.1, -0.05) is 42.5 Å². The highest BCUT2D eigenvalue weighted by atomic mass is 32.2. The van der Waals surface area contributed by atoms with Gasteiger partial charge in [0.2, 0.25) is 15.9 Å². The average molecular weight is 456 g/mol. The van der Waals surface area contributed by atoms with Crippen LogP contribution in [0, 0.1) is 5.82 Å². The van der Waals surface area contributed by atoms with Crippen molar-refractivity contribution < 1.29 is 27.1 Å². The summed E-state index contributed by atoms with van der Waals surface area (Å²) in [5, 5.41) is 0. The number of esters is 1. The maximum Gasteiger partial charge on any atom is 0.337 e. The molecule has 0 saturated carbocycles. The molecule has 0 saturated heterocycles. The molecule has 3 aromatic carbocycles. The van der Waals surface area contributed by atoms with Crippen molar-refractivity contribution in [3.63, 3.8) is 0 Å². The monoisotopic (exact) mass is 456 g/mol. The van der Waals surface area contributed by atoms with Crippen molar-refractivity contribution in [2.45, 2.75) is 17.5 Å². The van der Waals surface area contributed by atoms with Crippen molar-refractivity contribution in [2.75, 3.05) is 7.11 Å². The molecule has 0 unspecified atom stereocenters. The minimum atomic E-state index is -4.27. The summed E-state index contributed by atoms with van der Waals surface area (Å²) < 4.78 is 46.0. The summed E-state index contributed by atoms with van der Waals surface area (Å²) in [6, 6.07) is 17.3. The Kier molecular flexibility index (Phi) is 7.01. The molecular weight excluding hydrogens is 435 g/mol. The molecule has 166 valence electrons. The van der Waals surface area contributed by atoms with E-state index in [2.05, 4.69) is 4.74 Å². The number of rotatable bonds is 8. The molecule has 0 aliphatic heterocycles. The third-order valence-corrected chi connectivity index (χ3v) is 6.63. The summed E-state index contributed by atoms with van der Waals surface area (Å²) >= 11 is 0. The van der Waals surface area contributed by atoms with Crippen LogP contribution in [0.5, 0.6) is 0 Å². The van der Waals surface area contributed by atoms with Gasteiger partial charge in [-0.2, -0.15) is 4.31 Å². The van der Waals surface area contributed by atoms with Crippen molar-refractivity contribution in [1.82, 2.24) is 4.31 Å². The number of halogens is 1. The zero-order valence-electron chi connectivity index (χ0n) is 17.1. The summed E-state index contributed by atoms with van der Waals surface area (Å²) in [5.74, 6) is -2.00. The van der Waals surface area contributed by atoms with E-state index in [0.717, 1.165) is 28.6 Å². The minimum absolute atomic E-state index is 0.188. The molecule has 0 fully saturated rings. The minimum Gasteiger partial charge on any atom is -0.465 e. The highest BCUT2D eigenvalue weighted by Crippen LogP contribution is 2.30. The first-order chi connectivity index (χ1) is 15.2. The number of carbonyl (C=O) groups is 2. The van der Waals surface area contributed by atoms with E-state index in [1.165, 1.54) is 19.2 Å². The molecule has 0 heterocycles. The van der Waals surface area contributed by atoms with E-state index in [0.29, 0.717) is 16.7 Å². The van der Waals surface area contributed by atoms with Gasteiger partial charge in [-0.15, -0.1) is 0 Å². The Morgan fingerprint density at radius 3 is 2.09 bits per heavy atom.